The quantitative estimate of drug-likeness (QED) is 0.763. The van der Waals surface area contributed by atoms with Crippen LogP contribution in [-0.4, -0.2) is 43.8 Å². The zero-order valence-corrected chi connectivity index (χ0v) is 13.9. The van der Waals surface area contributed by atoms with Crippen molar-refractivity contribution in [2.75, 3.05) is 26.7 Å². The Kier molecular flexibility index (Phi) is 6.98. The molecule has 0 aromatic heterocycles. The number of nitrogens with one attached hydrogen (secondary N) is 1. The van der Waals surface area contributed by atoms with Crippen LogP contribution in [-0.2, 0) is 0 Å². The lowest BCUT2D eigenvalue weighted by Crippen LogP contribution is -2.47. The molecular weight excluding hydrogens is 277 g/mol. The van der Waals surface area contributed by atoms with Crippen LogP contribution in [0.3, 0.4) is 0 Å². The van der Waals surface area contributed by atoms with Crippen molar-refractivity contribution in [2.24, 2.45) is 11.3 Å². The average molecular weight is 308 g/mol. The van der Waals surface area contributed by atoms with Crippen LogP contribution in [0.15, 0.2) is 0 Å². The Bertz CT molecular complexity index is 304. The van der Waals surface area contributed by atoms with Gasteiger partial charge in [0, 0.05) is 25.7 Å². The molecule has 0 aromatic carbocycles. The van der Waals surface area contributed by atoms with Gasteiger partial charge in [-0.1, -0.05) is 33.6 Å². The lowest BCUT2D eigenvalue weighted by atomic mass is 9.69. The second-order valence-corrected chi connectivity index (χ2v) is 7.34. The van der Waals surface area contributed by atoms with Gasteiger partial charge in [-0.15, -0.1) is 0 Å². The average Bonchev–Trinajstić information content (AvgIpc) is 2.33. The van der Waals surface area contributed by atoms with Crippen molar-refractivity contribution in [1.82, 2.24) is 10.2 Å². The fourth-order valence-corrected chi connectivity index (χ4v) is 3.52. The number of halogens is 3. The lowest BCUT2D eigenvalue weighted by Gasteiger charge is -2.43. The first-order valence-corrected chi connectivity index (χ1v) is 8.11. The summed E-state index contributed by atoms with van der Waals surface area (Å²) < 4.78 is 37.1. The van der Waals surface area contributed by atoms with Crippen LogP contribution in [0.2, 0.25) is 0 Å². The molecule has 0 spiro atoms. The van der Waals surface area contributed by atoms with Gasteiger partial charge in [0.1, 0.15) is 0 Å². The molecule has 5 heteroatoms. The summed E-state index contributed by atoms with van der Waals surface area (Å²) in [6.07, 6.45) is -0.107. The highest BCUT2D eigenvalue weighted by Crippen LogP contribution is 2.39. The van der Waals surface area contributed by atoms with Crippen LogP contribution in [0.25, 0.3) is 0 Å². The van der Waals surface area contributed by atoms with E-state index in [1.807, 2.05) is 11.9 Å². The Balaban J connectivity index is 2.59. The molecule has 0 heterocycles. The summed E-state index contributed by atoms with van der Waals surface area (Å²) in [4.78, 5) is 1.87. The standard InChI is InChI=1S/C16H31F3N2/c1-13(2)20-11-15(7-5-6-14(3)10-15)12-21(4)9-8-16(17,18)19/h13-14,20H,5-12H2,1-4H3. The number of hydrogen-bond donors (Lipinski definition) is 1. The van der Waals surface area contributed by atoms with E-state index >= 15 is 0 Å². The SMILES string of the molecule is CC1CCCC(CNC(C)C)(CN(C)CCC(F)(F)F)C1. The molecule has 21 heavy (non-hydrogen) atoms. The van der Waals surface area contributed by atoms with E-state index in [0.717, 1.165) is 25.9 Å². The Morgan fingerprint density at radius 2 is 2.00 bits per heavy atom. The highest BCUT2D eigenvalue weighted by atomic mass is 19.4. The van der Waals surface area contributed by atoms with E-state index in [1.165, 1.54) is 12.8 Å². The second-order valence-electron chi connectivity index (χ2n) is 7.34. The van der Waals surface area contributed by atoms with E-state index in [-0.39, 0.29) is 12.0 Å². The third-order valence-corrected chi connectivity index (χ3v) is 4.45. The summed E-state index contributed by atoms with van der Waals surface area (Å²) in [5.41, 5.74) is 0.127. The Hall–Kier alpha value is -0.290. The van der Waals surface area contributed by atoms with Crippen molar-refractivity contribution in [1.29, 1.82) is 0 Å². The van der Waals surface area contributed by atoms with Gasteiger partial charge in [0.05, 0.1) is 6.42 Å². The van der Waals surface area contributed by atoms with Gasteiger partial charge in [-0.25, -0.2) is 0 Å². The minimum atomic E-state index is -4.06. The second kappa shape index (κ2) is 7.82. The minimum Gasteiger partial charge on any atom is -0.314 e. The molecule has 2 nitrogen and oxygen atoms in total. The Morgan fingerprint density at radius 1 is 1.33 bits per heavy atom. The molecule has 126 valence electrons. The molecule has 1 saturated carbocycles. The molecule has 0 amide bonds. The predicted molar refractivity (Wildman–Crippen MR) is 81.4 cm³/mol. The summed E-state index contributed by atoms with van der Waals surface area (Å²) in [6, 6.07) is 0.416. The zero-order chi connectivity index (χ0) is 16.1. The maximum atomic E-state index is 12.4. The summed E-state index contributed by atoms with van der Waals surface area (Å²) in [5, 5.41) is 3.51. The molecular formula is C16H31F3N2. The molecule has 1 N–H and O–H groups in total. The first kappa shape index (κ1) is 18.8. The van der Waals surface area contributed by atoms with Crippen molar-refractivity contribution in [2.45, 2.75) is 65.1 Å². The van der Waals surface area contributed by atoms with E-state index in [9.17, 15) is 13.2 Å². The Morgan fingerprint density at radius 3 is 2.52 bits per heavy atom. The molecule has 1 fully saturated rings. The predicted octanol–water partition coefficient (Wildman–Crippen LogP) is 4.07. The summed E-state index contributed by atoms with van der Waals surface area (Å²) >= 11 is 0. The van der Waals surface area contributed by atoms with Gasteiger partial charge in [0.25, 0.3) is 0 Å². The van der Waals surface area contributed by atoms with Gasteiger partial charge in [-0.2, -0.15) is 13.2 Å². The number of rotatable bonds is 7. The fourth-order valence-electron chi connectivity index (χ4n) is 3.52. The first-order valence-electron chi connectivity index (χ1n) is 8.11. The molecule has 0 bridgehead atoms. The van der Waals surface area contributed by atoms with Crippen LogP contribution in [0, 0.1) is 11.3 Å². The smallest absolute Gasteiger partial charge is 0.314 e. The lowest BCUT2D eigenvalue weighted by molar-refractivity contribution is -0.138. The van der Waals surface area contributed by atoms with Gasteiger partial charge in [0.15, 0.2) is 0 Å². The number of hydrogen-bond acceptors (Lipinski definition) is 2. The molecule has 1 rings (SSSR count). The molecule has 0 saturated heterocycles. The van der Waals surface area contributed by atoms with Gasteiger partial charge < -0.3 is 10.2 Å². The largest absolute Gasteiger partial charge is 0.390 e. The third-order valence-electron chi connectivity index (χ3n) is 4.45. The van der Waals surface area contributed by atoms with Gasteiger partial charge in [0.2, 0.25) is 0 Å². The first-order chi connectivity index (χ1) is 9.62. The van der Waals surface area contributed by atoms with Gasteiger partial charge >= 0.3 is 6.18 Å². The molecule has 2 unspecified atom stereocenters. The van der Waals surface area contributed by atoms with E-state index in [4.69, 9.17) is 0 Å². The van der Waals surface area contributed by atoms with Crippen molar-refractivity contribution in [3.63, 3.8) is 0 Å². The summed E-state index contributed by atoms with van der Waals surface area (Å²) in [5.74, 6) is 0.670. The molecule has 0 radical (unpaired) electrons. The van der Waals surface area contributed by atoms with E-state index in [0.29, 0.717) is 12.0 Å². The number of alkyl halides is 3. The number of nitrogens with zero attached hydrogens (tertiary/aromatic N) is 1. The monoisotopic (exact) mass is 308 g/mol. The van der Waals surface area contributed by atoms with Crippen molar-refractivity contribution in [3.8, 4) is 0 Å². The topological polar surface area (TPSA) is 15.3 Å². The molecule has 0 aliphatic heterocycles. The van der Waals surface area contributed by atoms with Crippen LogP contribution < -0.4 is 5.32 Å². The molecule has 1 aliphatic rings. The van der Waals surface area contributed by atoms with Crippen LogP contribution in [0.1, 0.15) is 52.9 Å². The fraction of sp³-hybridized carbons (Fsp3) is 1.00. The summed E-state index contributed by atoms with van der Waals surface area (Å²) in [7, 11) is 1.82. The van der Waals surface area contributed by atoms with Crippen molar-refractivity contribution < 1.29 is 13.2 Å². The molecule has 1 aliphatic carbocycles. The summed E-state index contributed by atoms with van der Waals surface area (Å²) in [6.45, 7) is 8.26. The normalized spacial score (nSPS) is 27.6. The van der Waals surface area contributed by atoms with Crippen LogP contribution in [0.4, 0.5) is 13.2 Å². The van der Waals surface area contributed by atoms with Gasteiger partial charge in [-0.05, 0) is 31.2 Å². The maximum absolute atomic E-state index is 12.4. The van der Waals surface area contributed by atoms with Crippen molar-refractivity contribution in [3.05, 3.63) is 0 Å². The third kappa shape index (κ3) is 7.50. The minimum absolute atomic E-state index is 0.0985. The maximum Gasteiger partial charge on any atom is 0.390 e. The highest BCUT2D eigenvalue weighted by molar-refractivity contribution is 4.90. The Labute approximate surface area is 127 Å². The van der Waals surface area contributed by atoms with E-state index < -0.39 is 12.6 Å². The molecule has 2 atom stereocenters. The van der Waals surface area contributed by atoms with Crippen LogP contribution >= 0.6 is 0 Å². The zero-order valence-electron chi connectivity index (χ0n) is 13.9. The van der Waals surface area contributed by atoms with E-state index in [1.54, 1.807) is 0 Å². The molecule has 0 aromatic rings. The highest BCUT2D eigenvalue weighted by Gasteiger charge is 2.36. The van der Waals surface area contributed by atoms with Gasteiger partial charge in [-0.3, -0.25) is 0 Å². The van der Waals surface area contributed by atoms with Crippen LogP contribution in [0.5, 0.6) is 0 Å². The van der Waals surface area contributed by atoms with Crippen molar-refractivity contribution >= 4 is 0 Å². The van der Waals surface area contributed by atoms with E-state index in [2.05, 4.69) is 26.1 Å².